The van der Waals surface area contributed by atoms with Crippen molar-refractivity contribution in [3.63, 3.8) is 0 Å². The summed E-state index contributed by atoms with van der Waals surface area (Å²) in [5, 5.41) is 9.19. The van der Waals surface area contributed by atoms with Crippen molar-refractivity contribution < 1.29 is 13.5 Å². The van der Waals surface area contributed by atoms with E-state index < -0.39 is 9.84 Å². The minimum absolute atomic E-state index is 0.0309. The molecule has 1 atom stereocenters. The number of hydrogen-bond donors (Lipinski definition) is 1. The summed E-state index contributed by atoms with van der Waals surface area (Å²) in [6.07, 6.45) is 0. The third-order valence-electron chi connectivity index (χ3n) is 3.15. The molecule has 2 rings (SSSR count). The van der Waals surface area contributed by atoms with Crippen LogP contribution in [0.1, 0.15) is 18.2 Å². The van der Waals surface area contributed by atoms with E-state index in [1.54, 1.807) is 0 Å². The number of nitrogens with zero attached hydrogens (tertiary/aromatic N) is 2. The van der Waals surface area contributed by atoms with Crippen LogP contribution in [0.5, 0.6) is 0 Å². The van der Waals surface area contributed by atoms with Crippen LogP contribution >= 0.6 is 0 Å². The van der Waals surface area contributed by atoms with Gasteiger partial charge in [0.15, 0.2) is 9.84 Å². The van der Waals surface area contributed by atoms with E-state index in [4.69, 9.17) is 0 Å². The maximum absolute atomic E-state index is 11.5. The minimum atomic E-state index is -2.92. The molecule has 1 fully saturated rings. The summed E-state index contributed by atoms with van der Waals surface area (Å²) < 4.78 is 23.1. The second kappa shape index (κ2) is 4.85. The zero-order valence-corrected chi connectivity index (χ0v) is 11.4. The smallest absolute Gasteiger partial charge is 0.154 e. The van der Waals surface area contributed by atoms with Crippen LogP contribution in [-0.4, -0.2) is 42.6 Å². The summed E-state index contributed by atoms with van der Waals surface area (Å²) >= 11 is 0. The molecule has 1 aromatic rings. The minimum Gasteiger partial charge on any atom is -0.392 e. The van der Waals surface area contributed by atoms with Crippen LogP contribution < -0.4 is 4.90 Å². The molecule has 0 aromatic carbocycles. The molecule has 0 spiro atoms. The fourth-order valence-corrected chi connectivity index (χ4v) is 3.85. The Morgan fingerprint density at radius 1 is 1.50 bits per heavy atom. The van der Waals surface area contributed by atoms with Gasteiger partial charge in [0.2, 0.25) is 0 Å². The Bertz CT molecular complexity index is 542. The summed E-state index contributed by atoms with van der Waals surface area (Å²) in [5.74, 6) is 1.08. The Morgan fingerprint density at radius 2 is 2.22 bits per heavy atom. The largest absolute Gasteiger partial charge is 0.392 e. The Labute approximate surface area is 107 Å². The molecule has 1 aliphatic heterocycles. The standard InChI is InChI=1S/C12H18N2O3S/c1-9-5-11(7-15)6-12(13-9)14-3-4-18(16,17)8-10(14)2/h5-6,10,15H,3-4,7-8H2,1-2H3. The number of pyridine rings is 1. The van der Waals surface area contributed by atoms with Crippen molar-refractivity contribution in [2.75, 3.05) is 23.0 Å². The summed E-state index contributed by atoms with van der Waals surface area (Å²) in [7, 11) is -2.92. The van der Waals surface area contributed by atoms with Gasteiger partial charge in [0.05, 0.1) is 18.1 Å². The molecular weight excluding hydrogens is 252 g/mol. The number of sulfone groups is 1. The molecule has 1 aromatic heterocycles. The molecule has 1 aliphatic rings. The van der Waals surface area contributed by atoms with Gasteiger partial charge in [-0.2, -0.15) is 0 Å². The second-order valence-electron chi connectivity index (χ2n) is 4.79. The van der Waals surface area contributed by atoms with E-state index in [1.807, 2.05) is 30.9 Å². The van der Waals surface area contributed by atoms with Crippen LogP contribution in [0.25, 0.3) is 0 Å². The summed E-state index contributed by atoms with van der Waals surface area (Å²) in [6.45, 7) is 4.19. The highest BCUT2D eigenvalue weighted by atomic mass is 32.2. The van der Waals surface area contributed by atoms with Gasteiger partial charge in [0.25, 0.3) is 0 Å². The first kappa shape index (κ1) is 13.3. The Morgan fingerprint density at radius 3 is 2.83 bits per heavy atom. The highest BCUT2D eigenvalue weighted by Gasteiger charge is 2.29. The van der Waals surface area contributed by atoms with Crippen LogP contribution in [0, 0.1) is 6.92 Å². The number of aliphatic hydroxyl groups is 1. The Kier molecular flexibility index (Phi) is 3.59. The van der Waals surface area contributed by atoms with E-state index in [0.717, 1.165) is 17.1 Å². The van der Waals surface area contributed by atoms with Gasteiger partial charge in [-0.1, -0.05) is 0 Å². The van der Waals surface area contributed by atoms with Crippen molar-refractivity contribution in [3.05, 3.63) is 23.4 Å². The molecule has 0 aliphatic carbocycles. The van der Waals surface area contributed by atoms with Gasteiger partial charge >= 0.3 is 0 Å². The van der Waals surface area contributed by atoms with E-state index in [9.17, 15) is 13.5 Å². The van der Waals surface area contributed by atoms with Gasteiger partial charge in [0, 0.05) is 18.3 Å². The second-order valence-corrected chi connectivity index (χ2v) is 7.02. The third-order valence-corrected chi connectivity index (χ3v) is 4.94. The average molecular weight is 270 g/mol. The van der Waals surface area contributed by atoms with Crippen molar-refractivity contribution in [1.29, 1.82) is 0 Å². The van der Waals surface area contributed by atoms with Gasteiger partial charge in [-0.15, -0.1) is 0 Å². The lowest BCUT2D eigenvalue weighted by Gasteiger charge is -2.34. The lowest BCUT2D eigenvalue weighted by atomic mass is 10.2. The molecule has 0 amide bonds. The monoisotopic (exact) mass is 270 g/mol. The summed E-state index contributed by atoms with van der Waals surface area (Å²) in [6, 6.07) is 3.57. The summed E-state index contributed by atoms with van der Waals surface area (Å²) in [5.41, 5.74) is 1.63. The van der Waals surface area contributed by atoms with Gasteiger partial charge in [-0.3, -0.25) is 0 Å². The Balaban J connectivity index is 2.29. The van der Waals surface area contributed by atoms with Crippen LogP contribution in [0.4, 0.5) is 5.82 Å². The number of anilines is 1. The molecule has 1 N–H and O–H groups in total. The number of rotatable bonds is 2. The Hall–Kier alpha value is -1.14. The van der Waals surface area contributed by atoms with Gasteiger partial charge in [0.1, 0.15) is 5.82 Å². The van der Waals surface area contributed by atoms with E-state index in [0.29, 0.717) is 6.54 Å². The number of aryl methyl sites for hydroxylation is 1. The zero-order chi connectivity index (χ0) is 13.3. The maximum Gasteiger partial charge on any atom is 0.154 e. The normalized spacial score (nSPS) is 23.1. The van der Waals surface area contributed by atoms with Crippen molar-refractivity contribution in [2.45, 2.75) is 26.5 Å². The fraction of sp³-hybridized carbons (Fsp3) is 0.583. The first-order valence-corrected chi connectivity index (χ1v) is 7.79. The van der Waals surface area contributed by atoms with Crippen molar-refractivity contribution >= 4 is 15.7 Å². The number of hydrogen-bond acceptors (Lipinski definition) is 5. The van der Waals surface area contributed by atoms with Crippen molar-refractivity contribution in [2.24, 2.45) is 0 Å². The predicted molar refractivity (Wildman–Crippen MR) is 70.4 cm³/mol. The SMILES string of the molecule is Cc1cc(CO)cc(N2CCS(=O)(=O)CC2C)n1. The molecule has 0 radical (unpaired) electrons. The third kappa shape index (κ3) is 2.81. The topological polar surface area (TPSA) is 70.5 Å². The molecule has 1 saturated heterocycles. The molecule has 2 heterocycles. The molecule has 100 valence electrons. The lowest BCUT2D eigenvalue weighted by Crippen LogP contribution is -2.47. The predicted octanol–water partition coefficient (Wildman–Crippen LogP) is 0.506. The first-order valence-electron chi connectivity index (χ1n) is 5.97. The van der Waals surface area contributed by atoms with E-state index in [-0.39, 0.29) is 24.2 Å². The van der Waals surface area contributed by atoms with E-state index >= 15 is 0 Å². The van der Waals surface area contributed by atoms with Gasteiger partial charge in [-0.05, 0) is 31.5 Å². The highest BCUT2D eigenvalue weighted by molar-refractivity contribution is 7.91. The molecule has 0 saturated carbocycles. The molecule has 1 unspecified atom stereocenters. The number of aromatic nitrogens is 1. The molecule has 0 bridgehead atoms. The van der Waals surface area contributed by atoms with E-state index in [1.165, 1.54) is 0 Å². The molecule has 6 heteroatoms. The quantitative estimate of drug-likeness (QED) is 0.847. The van der Waals surface area contributed by atoms with Crippen molar-refractivity contribution in [3.8, 4) is 0 Å². The average Bonchev–Trinajstić information content (AvgIpc) is 2.26. The number of aliphatic hydroxyl groups excluding tert-OH is 1. The summed E-state index contributed by atoms with van der Waals surface area (Å²) in [4.78, 5) is 6.42. The zero-order valence-electron chi connectivity index (χ0n) is 10.6. The van der Waals surface area contributed by atoms with Crippen LogP contribution in [0.15, 0.2) is 12.1 Å². The van der Waals surface area contributed by atoms with Crippen molar-refractivity contribution in [1.82, 2.24) is 4.98 Å². The maximum atomic E-state index is 11.5. The van der Waals surface area contributed by atoms with E-state index in [2.05, 4.69) is 4.98 Å². The molecular formula is C12H18N2O3S. The van der Waals surface area contributed by atoms with Gasteiger partial charge in [-0.25, -0.2) is 13.4 Å². The first-order chi connectivity index (χ1) is 8.41. The van der Waals surface area contributed by atoms with Crippen LogP contribution in [0.2, 0.25) is 0 Å². The lowest BCUT2D eigenvalue weighted by molar-refractivity contribution is 0.281. The van der Waals surface area contributed by atoms with Crippen LogP contribution in [-0.2, 0) is 16.4 Å². The fourth-order valence-electron chi connectivity index (χ4n) is 2.30. The molecule has 5 nitrogen and oxygen atoms in total. The van der Waals surface area contributed by atoms with Gasteiger partial charge < -0.3 is 10.0 Å². The van der Waals surface area contributed by atoms with Crippen LogP contribution in [0.3, 0.4) is 0 Å². The molecule has 18 heavy (non-hydrogen) atoms. The highest BCUT2D eigenvalue weighted by Crippen LogP contribution is 2.21.